The maximum absolute atomic E-state index is 6.26. The quantitative estimate of drug-likeness (QED) is 0.371. The van der Waals surface area contributed by atoms with Crippen molar-refractivity contribution in [3.8, 4) is 17.1 Å². The zero-order chi connectivity index (χ0) is 18.5. The van der Waals surface area contributed by atoms with Crippen LogP contribution in [0.25, 0.3) is 11.4 Å². The molecule has 3 aromatic rings. The maximum Gasteiger partial charge on any atom is 0.192 e. The molecule has 4 nitrogen and oxygen atoms in total. The lowest BCUT2D eigenvalue weighted by Crippen LogP contribution is -2.01. The number of nitrogens with zero attached hydrogens (tertiary/aromatic N) is 3. The van der Waals surface area contributed by atoms with Crippen LogP contribution in [0.5, 0.6) is 5.75 Å². The predicted octanol–water partition coefficient (Wildman–Crippen LogP) is 5.74. The van der Waals surface area contributed by atoms with Crippen molar-refractivity contribution < 1.29 is 4.74 Å². The van der Waals surface area contributed by atoms with Gasteiger partial charge in [0.15, 0.2) is 11.0 Å². The first-order valence-corrected chi connectivity index (χ1v) is 9.62. The van der Waals surface area contributed by atoms with Crippen LogP contribution in [0, 0.1) is 0 Å². The summed E-state index contributed by atoms with van der Waals surface area (Å²) in [5.74, 6) is 2.16. The van der Waals surface area contributed by atoms with E-state index in [9.17, 15) is 0 Å². The monoisotopic (exact) mass is 405 g/mol. The van der Waals surface area contributed by atoms with Crippen molar-refractivity contribution >= 4 is 35.0 Å². The number of hydrogen-bond acceptors (Lipinski definition) is 4. The van der Waals surface area contributed by atoms with Gasteiger partial charge in [0.2, 0.25) is 0 Å². The third kappa shape index (κ3) is 4.06. The van der Waals surface area contributed by atoms with E-state index in [0.29, 0.717) is 22.3 Å². The molecule has 0 radical (unpaired) electrons. The second-order valence-corrected chi connectivity index (χ2v) is 7.22. The minimum absolute atomic E-state index is 0.594. The molecule has 0 N–H and O–H groups in total. The molecule has 0 fully saturated rings. The van der Waals surface area contributed by atoms with Gasteiger partial charge in [-0.15, -0.1) is 16.8 Å². The van der Waals surface area contributed by atoms with E-state index in [4.69, 9.17) is 27.9 Å². The van der Waals surface area contributed by atoms with Crippen molar-refractivity contribution in [2.24, 2.45) is 0 Å². The zero-order valence-corrected chi connectivity index (χ0v) is 16.5. The lowest BCUT2D eigenvalue weighted by molar-refractivity contribution is 0.416. The van der Waals surface area contributed by atoms with Crippen molar-refractivity contribution in [2.75, 3.05) is 7.11 Å². The minimum atomic E-state index is 0.594. The number of allylic oxidation sites excluding steroid dienone is 1. The SMILES string of the molecule is C=CCn1c(SCc2ccc(Cl)cc2Cl)nnc1-c1ccccc1OC. The molecule has 0 bridgehead atoms. The van der Waals surface area contributed by atoms with Gasteiger partial charge in [0, 0.05) is 22.3 Å². The molecule has 0 aliphatic carbocycles. The average molecular weight is 406 g/mol. The number of rotatable bonds is 7. The number of ether oxygens (including phenoxy) is 1. The molecular weight excluding hydrogens is 389 g/mol. The molecule has 0 atom stereocenters. The molecule has 0 aliphatic rings. The number of thioether (sulfide) groups is 1. The highest BCUT2D eigenvalue weighted by molar-refractivity contribution is 7.98. The van der Waals surface area contributed by atoms with E-state index in [2.05, 4.69) is 16.8 Å². The van der Waals surface area contributed by atoms with Crippen LogP contribution in [-0.2, 0) is 12.3 Å². The summed E-state index contributed by atoms with van der Waals surface area (Å²) in [5.41, 5.74) is 1.88. The van der Waals surface area contributed by atoms with E-state index in [-0.39, 0.29) is 0 Å². The number of hydrogen-bond donors (Lipinski definition) is 0. The molecule has 134 valence electrons. The molecule has 0 spiro atoms. The van der Waals surface area contributed by atoms with Crippen LogP contribution in [-0.4, -0.2) is 21.9 Å². The Balaban J connectivity index is 1.91. The Morgan fingerprint density at radius 3 is 2.73 bits per heavy atom. The standard InChI is InChI=1S/C19H17Cl2N3OS/c1-3-10-24-18(15-6-4-5-7-17(15)25-2)22-23-19(24)26-12-13-8-9-14(20)11-16(13)21/h3-9,11H,1,10,12H2,2H3. The molecule has 1 heterocycles. The third-order valence-corrected chi connectivity index (χ3v) is 5.35. The third-order valence-electron chi connectivity index (χ3n) is 3.75. The van der Waals surface area contributed by atoms with Gasteiger partial charge in [-0.2, -0.15) is 0 Å². The summed E-state index contributed by atoms with van der Waals surface area (Å²) >= 11 is 13.8. The van der Waals surface area contributed by atoms with Crippen LogP contribution in [0.15, 0.2) is 60.3 Å². The lowest BCUT2D eigenvalue weighted by atomic mass is 10.2. The number of benzene rings is 2. The van der Waals surface area contributed by atoms with Gasteiger partial charge in [-0.3, -0.25) is 4.57 Å². The first kappa shape index (κ1) is 18.8. The number of halogens is 2. The van der Waals surface area contributed by atoms with Crippen molar-refractivity contribution in [3.63, 3.8) is 0 Å². The molecule has 1 aromatic heterocycles. The molecule has 0 aliphatic heterocycles. The van der Waals surface area contributed by atoms with Crippen molar-refractivity contribution in [3.05, 3.63) is 70.7 Å². The molecule has 7 heteroatoms. The Kier molecular flexibility index (Phi) is 6.25. The summed E-state index contributed by atoms with van der Waals surface area (Å²) in [7, 11) is 1.64. The largest absolute Gasteiger partial charge is 0.496 e. The van der Waals surface area contributed by atoms with E-state index in [1.54, 1.807) is 24.9 Å². The average Bonchev–Trinajstić information content (AvgIpc) is 3.04. The molecule has 2 aromatic carbocycles. The van der Waals surface area contributed by atoms with Crippen LogP contribution in [0.2, 0.25) is 10.0 Å². The van der Waals surface area contributed by atoms with Crippen molar-refractivity contribution in [2.45, 2.75) is 17.5 Å². The van der Waals surface area contributed by atoms with Crippen LogP contribution in [0.3, 0.4) is 0 Å². The summed E-state index contributed by atoms with van der Waals surface area (Å²) in [6.07, 6.45) is 1.82. The highest BCUT2D eigenvalue weighted by Gasteiger charge is 2.17. The molecule has 26 heavy (non-hydrogen) atoms. The van der Waals surface area contributed by atoms with E-state index >= 15 is 0 Å². The fourth-order valence-corrected chi connectivity index (χ4v) is 4.01. The van der Waals surface area contributed by atoms with Gasteiger partial charge in [-0.05, 0) is 29.8 Å². The van der Waals surface area contributed by atoms with Gasteiger partial charge >= 0.3 is 0 Å². The summed E-state index contributed by atoms with van der Waals surface area (Å²) in [4.78, 5) is 0. The van der Waals surface area contributed by atoms with Gasteiger partial charge in [0.1, 0.15) is 5.75 Å². The Bertz CT molecular complexity index is 927. The molecule has 0 amide bonds. The Morgan fingerprint density at radius 2 is 2.00 bits per heavy atom. The molecule has 3 rings (SSSR count). The fraction of sp³-hybridized carbons (Fsp3) is 0.158. The smallest absolute Gasteiger partial charge is 0.192 e. The van der Waals surface area contributed by atoms with E-state index in [1.165, 1.54) is 0 Å². The van der Waals surface area contributed by atoms with E-state index < -0.39 is 0 Å². The Labute approximate surface area is 166 Å². The van der Waals surface area contributed by atoms with Crippen LogP contribution >= 0.6 is 35.0 Å². The molecule has 0 saturated heterocycles. The predicted molar refractivity (Wildman–Crippen MR) is 108 cm³/mol. The number of aromatic nitrogens is 3. The summed E-state index contributed by atoms with van der Waals surface area (Å²) in [6.45, 7) is 4.44. The van der Waals surface area contributed by atoms with Gasteiger partial charge < -0.3 is 4.74 Å². The summed E-state index contributed by atoms with van der Waals surface area (Å²) in [6, 6.07) is 13.2. The zero-order valence-electron chi connectivity index (χ0n) is 14.2. The second kappa shape index (κ2) is 8.62. The minimum Gasteiger partial charge on any atom is -0.496 e. The van der Waals surface area contributed by atoms with Gasteiger partial charge in [0.05, 0.1) is 12.7 Å². The number of methoxy groups -OCH3 is 1. The summed E-state index contributed by atoms with van der Waals surface area (Å²) < 4.78 is 7.47. The van der Waals surface area contributed by atoms with Gasteiger partial charge in [-0.1, -0.05) is 59.2 Å². The van der Waals surface area contributed by atoms with E-state index in [1.807, 2.05) is 47.0 Å². The van der Waals surface area contributed by atoms with Crippen molar-refractivity contribution in [1.29, 1.82) is 0 Å². The molecule has 0 saturated carbocycles. The van der Waals surface area contributed by atoms with Crippen molar-refractivity contribution in [1.82, 2.24) is 14.8 Å². The maximum atomic E-state index is 6.26. The Hall–Kier alpha value is -1.95. The topological polar surface area (TPSA) is 39.9 Å². The molecule has 0 unspecified atom stereocenters. The highest BCUT2D eigenvalue weighted by Crippen LogP contribution is 2.33. The van der Waals surface area contributed by atoms with Gasteiger partial charge in [-0.25, -0.2) is 0 Å². The van der Waals surface area contributed by atoms with Gasteiger partial charge in [0.25, 0.3) is 0 Å². The molecular formula is C19H17Cl2N3OS. The van der Waals surface area contributed by atoms with Crippen LogP contribution in [0.1, 0.15) is 5.56 Å². The highest BCUT2D eigenvalue weighted by atomic mass is 35.5. The van der Waals surface area contributed by atoms with Crippen LogP contribution in [0.4, 0.5) is 0 Å². The Morgan fingerprint density at radius 1 is 1.19 bits per heavy atom. The normalized spacial score (nSPS) is 10.7. The fourth-order valence-electron chi connectivity index (χ4n) is 2.50. The first-order valence-electron chi connectivity index (χ1n) is 7.88. The second-order valence-electron chi connectivity index (χ2n) is 5.43. The van der Waals surface area contributed by atoms with Crippen LogP contribution < -0.4 is 4.74 Å². The lowest BCUT2D eigenvalue weighted by Gasteiger charge is -2.11. The van der Waals surface area contributed by atoms with E-state index in [0.717, 1.165) is 27.9 Å². The first-order chi connectivity index (χ1) is 12.6. The number of para-hydroxylation sites is 1. The summed E-state index contributed by atoms with van der Waals surface area (Å²) in [5, 5.41) is 10.8.